The molecule has 92 valence electrons. The van der Waals surface area contributed by atoms with Gasteiger partial charge in [0, 0.05) is 10.6 Å². The van der Waals surface area contributed by atoms with Crippen molar-refractivity contribution in [3.05, 3.63) is 22.3 Å². The van der Waals surface area contributed by atoms with Crippen LogP contribution in [0, 0.1) is 13.8 Å². The summed E-state index contributed by atoms with van der Waals surface area (Å²) in [6.07, 6.45) is -4.45. The van der Waals surface area contributed by atoms with E-state index < -0.39 is 11.9 Å². The van der Waals surface area contributed by atoms with Gasteiger partial charge in [0.05, 0.1) is 0 Å². The first-order valence-corrected chi connectivity index (χ1v) is 5.48. The predicted molar refractivity (Wildman–Crippen MR) is 58.1 cm³/mol. The Balaban J connectivity index is 2.54. The number of halogens is 3. The highest BCUT2D eigenvalue weighted by Gasteiger charge is 2.34. The maximum absolute atomic E-state index is 12.5. The van der Waals surface area contributed by atoms with Gasteiger partial charge < -0.3 is 5.73 Å². The summed E-state index contributed by atoms with van der Waals surface area (Å²) in [4.78, 5) is 4.69. The second-order valence-electron chi connectivity index (χ2n) is 3.51. The van der Waals surface area contributed by atoms with E-state index in [1.165, 1.54) is 18.3 Å². The van der Waals surface area contributed by atoms with Crippen molar-refractivity contribution in [1.29, 1.82) is 0 Å². The van der Waals surface area contributed by atoms with Crippen LogP contribution >= 0.6 is 11.3 Å². The number of rotatable bonds is 1. The molecule has 0 aromatic carbocycles. The molecular formula is C9H9F3N4S. The molecule has 0 saturated carbocycles. The van der Waals surface area contributed by atoms with Crippen LogP contribution < -0.4 is 5.73 Å². The Morgan fingerprint density at radius 3 is 2.41 bits per heavy atom. The lowest BCUT2D eigenvalue weighted by molar-refractivity contribution is -0.141. The van der Waals surface area contributed by atoms with E-state index in [-0.39, 0.29) is 0 Å². The number of aromatic nitrogens is 3. The molecule has 0 aliphatic heterocycles. The highest BCUT2D eigenvalue weighted by atomic mass is 32.1. The second kappa shape index (κ2) is 3.73. The molecule has 2 heterocycles. The molecule has 0 fully saturated rings. The minimum atomic E-state index is -4.45. The Hall–Kier alpha value is -1.57. The monoisotopic (exact) mass is 262 g/mol. The molecule has 8 heteroatoms. The number of nitrogens with zero attached hydrogens (tertiary/aromatic N) is 3. The van der Waals surface area contributed by atoms with Gasteiger partial charge >= 0.3 is 6.18 Å². The Morgan fingerprint density at radius 2 is 2.00 bits per heavy atom. The number of hydrogen-bond donors (Lipinski definition) is 1. The van der Waals surface area contributed by atoms with E-state index in [9.17, 15) is 13.2 Å². The number of alkyl halides is 3. The van der Waals surface area contributed by atoms with E-state index in [2.05, 4.69) is 10.1 Å². The van der Waals surface area contributed by atoms with E-state index in [1.54, 1.807) is 6.92 Å². The molecule has 2 aromatic rings. The Kier molecular flexibility index (Phi) is 2.61. The van der Waals surface area contributed by atoms with Crippen molar-refractivity contribution < 1.29 is 13.2 Å². The van der Waals surface area contributed by atoms with Crippen molar-refractivity contribution in [2.45, 2.75) is 20.0 Å². The summed E-state index contributed by atoms with van der Waals surface area (Å²) >= 11 is 1.21. The summed E-state index contributed by atoms with van der Waals surface area (Å²) in [6, 6.07) is 0.981. The summed E-state index contributed by atoms with van der Waals surface area (Å²) in [6.45, 7) is 3.27. The van der Waals surface area contributed by atoms with Crippen molar-refractivity contribution >= 4 is 16.5 Å². The largest absolute Gasteiger partial charge is 0.435 e. The molecule has 0 spiro atoms. The predicted octanol–water partition coefficient (Wildman–Crippen LogP) is 2.55. The van der Waals surface area contributed by atoms with Gasteiger partial charge in [-0.1, -0.05) is 0 Å². The molecule has 0 radical (unpaired) electrons. The van der Waals surface area contributed by atoms with Crippen LogP contribution in [0.3, 0.4) is 0 Å². The number of nitrogen functional groups attached to an aromatic ring is 1. The van der Waals surface area contributed by atoms with E-state index >= 15 is 0 Å². The van der Waals surface area contributed by atoms with Gasteiger partial charge in [-0.3, -0.25) is 0 Å². The van der Waals surface area contributed by atoms with Gasteiger partial charge in [0.2, 0.25) is 0 Å². The average molecular weight is 262 g/mol. The zero-order valence-corrected chi connectivity index (χ0v) is 9.85. The van der Waals surface area contributed by atoms with Crippen molar-refractivity contribution in [2.24, 2.45) is 0 Å². The maximum atomic E-state index is 12.5. The molecule has 0 unspecified atom stereocenters. The highest BCUT2D eigenvalue weighted by Crippen LogP contribution is 2.30. The van der Waals surface area contributed by atoms with Crippen LogP contribution in [-0.4, -0.2) is 14.8 Å². The number of nitrogens with two attached hydrogens (primary N) is 1. The summed E-state index contributed by atoms with van der Waals surface area (Å²) in [5.41, 5.74) is 4.94. The van der Waals surface area contributed by atoms with Crippen molar-refractivity contribution in [3.8, 4) is 5.82 Å². The molecular weight excluding hydrogens is 253 g/mol. The smallest absolute Gasteiger partial charge is 0.375 e. The van der Waals surface area contributed by atoms with Crippen LogP contribution in [-0.2, 0) is 6.18 Å². The number of aryl methyl sites for hydroxylation is 2. The molecule has 0 saturated heterocycles. The van der Waals surface area contributed by atoms with E-state index in [4.69, 9.17) is 5.73 Å². The fraction of sp³-hybridized carbons (Fsp3) is 0.333. The number of hydrogen-bond acceptors (Lipinski definition) is 4. The van der Waals surface area contributed by atoms with Gasteiger partial charge in [-0.2, -0.15) is 18.3 Å². The molecule has 0 atom stereocenters. The molecule has 0 aliphatic rings. The first-order valence-electron chi connectivity index (χ1n) is 4.66. The first-order chi connectivity index (χ1) is 7.79. The molecule has 0 bridgehead atoms. The van der Waals surface area contributed by atoms with Gasteiger partial charge in [-0.05, 0) is 19.9 Å². The van der Waals surface area contributed by atoms with Crippen LogP contribution in [0.5, 0.6) is 0 Å². The van der Waals surface area contributed by atoms with Gasteiger partial charge in [0.25, 0.3) is 0 Å². The standard InChI is InChI=1S/C9H9F3N4S/c1-4-3-6(9(10,11)12)15-16(4)7-5(2)17-8(13)14-7/h3H,1-2H3,(H2,13,14). The van der Waals surface area contributed by atoms with Gasteiger partial charge in [0.1, 0.15) is 0 Å². The summed E-state index contributed by atoms with van der Waals surface area (Å²) in [5, 5.41) is 3.81. The minimum Gasteiger partial charge on any atom is -0.375 e. The lowest BCUT2D eigenvalue weighted by Gasteiger charge is -2.02. The van der Waals surface area contributed by atoms with Crippen molar-refractivity contribution in [3.63, 3.8) is 0 Å². The lowest BCUT2D eigenvalue weighted by atomic mass is 10.3. The number of thiazole rings is 1. The average Bonchev–Trinajstić information content (AvgIpc) is 2.68. The molecule has 2 N–H and O–H groups in total. The quantitative estimate of drug-likeness (QED) is 0.859. The van der Waals surface area contributed by atoms with Gasteiger partial charge in [-0.15, -0.1) is 11.3 Å². The van der Waals surface area contributed by atoms with Gasteiger partial charge in [-0.25, -0.2) is 9.67 Å². The fourth-order valence-electron chi connectivity index (χ4n) is 1.43. The molecule has 4 nitrogen and oxygen atoms in total. The topological polar surface area (TPSA) is 56.7 Å². The zero-order chi connectivity index (χ0) is 12.8. The van der Waals surface area contributed by atoms with Crippen LogP contribution in [0.15, 0.2) is 6.07 Å². The second-order valence-corrected chi connectivity index (χ2v) is 4.75. The summed E-state index contributed by atoms with van der Waals surface area (Å²) < 4.78 is 38.6. The molecule has 0 aliphatic carbocycles. The summed E-state index contributed by atoms with van der Waals surface area (Å²) in [7, 11) is 0. The maximum Gasteiger partial charge on any atom is 0.435 e. The minimum absolute atomic E-state index is 0.306. The van der Waals surface area contributed by atoms with E-state index in [0.29, 0.717) is 16.6 Å². The third kappa shape index (κ3) is 2.12. The Labute approximate surface area is 98.9 Å². The zero-order valence-electron chi connectivity index (χ0n) is 9.04. The van der Waals surface area contributed by atoms with Crippen LogP contribution in [0.1, 0.15) is 16.3 Å². The molecule has 2 aromatic heterocycles. The normalized spacial score (nSPS) is 12.1. The lowest BCUT2D eigenvalue weighted by Crippen LogP contribution is -2.08. The fourth-order valence-corrected chi connectivity index (χ4v) is 2.10. The first kappa shape index (κ1) is 11.9. The third-order valence-electron chi connectivity index (χ3n) is 2.17. The van der Waals surface area contributed by atoms with Crippen LogP contribution in [0.4, 0.5) is 18.3 Å². The Bertz CT molecular complexity index is 555. The molecule has 17 heavy (non-hydrogen) atoms. The molecule has 2 rings (SSSR count). The Morgan fingerprint density at radius 1 is 1.35 bits per heavy atom. The van der Waals surface area contributed by atoms with Crippen molar-refractivity contribution in [2.75, 3.05) is 5.73 Å². The highest BCUT2D eigenvalue weighted by molar-refractivity contribution is 7.15. The SMILES string of the molecule is Cc1sc(N)nc1-n1nc(C(F)(F)F)cc1C. The van der Waals surface area contributed by atoms with E-state index in [0.717, 1.165) is 15.6 Å². The molecule has 0 amide bonds. The van der Waals surface area contributed by atoms with E-state index in [1.807, 2.05) is 0 Å². The van der Waals surface area contributed by atoms with Crippen LogP contribution in [0.2, 0.25) is 0 Å². The number of anilines is 1. The summed E-state index contributed by atoms with van der Waals surface area (Å²) in [5.74, 6) is 0.348. The van der Waals surface area contributed by atoms with Crippen molar-refractivity contribution in [1.82, 2.24) is 14.8 Å². The third-order valence-corrected chi connectivity index (χ3v) is 2.96. The van der Waals surface area contributed by atoms with Gasteiger partial charge in [0.15, 0.2) is 16.6 Å². The van der Waals surface area contributed by atoms with Crippen LogP contribution in [0.25, 0.3) is 5.82 Å².